The van der Waals surface area contributed by atoms with Gasteiger partial charge in [0.05, 0.1) is 0 Å². The second-order valence-electron chi connectivity index (χ2n) is 5.31. The lowest BCUT2D eigenvalue weighted by Gasteiger charge is -2.42. The molecule has 0 bridgehead atoms. The summed E-state index contributed by atoms with van der Waals surface area (Å²) in [6.45, 7) is 9.81. The molecule has 0 atom stereocenters. The van der Waals surface area contributed by atoms with Crippen LogP contribution in [-0.2, 0) is 0 Å². The Morgan fingerprint density at radius 3 is 2.28 bits per heavy atom. The summed E-state index contributed by atoms with van der Waals surface area (Å²) in [5.74, 6) is -0.0621. The summed E-state index contributed by atoms with van der Waals surface area (Å²) < 4.78 is 0.312. The summed E-state index contributed by atoms with van der Waals surface area (Å²) in [4.78, 5) is 16.3. The maximum absolute atomic E-state index is 12.1. The van der Waals surface area contributed by atoms with E-state index in [0.29, 0.717) is 9.47 Å². The Kier molecular flexibility index (Phi) is 3.89. The molecule has 1 amide bonds. The van der Waals surface area contributed by atoms with Gasteiger partial charge < -0.3 is 4.90 Å². The van der Waals surface area contributed by atoms with Gasteiger partial charge in [-0.15, -0.1) is 10.2 Å². The largest absolute Gasteiger partial charge is 0.334 e. The van der Waals surface area contributed by atoms with Gasteiger partial charge in [-0.3, -0.25) is 9.69 Å². The second kappa shape index (κ2) is 5.11. The molecule has 2 rings (SSSR count). The van der Waals surface area contributed by atoms with Crippen molar-refractivity contribution in [1.82, 2.24) is 20.0 Å². The Hall–Kier alpha value is -0.720. The summed E-state index contributed by atoms with van der Waals surface area (Å²) in [7, 11) is 0. The first-order valence-corrected chi connectivity index (χ1v) is 7.11. The zero-order valence-corrected chi connectivity index (χ0v) is 12.4. The van der Waals surface area contributed by atoms with E-state index in [1.54, 1.807) is 0 Å². The maximum atomic E-state index is 12.1. The van der Waals surface area contributed by atoms with Crippen molar-refractivity contribution in [3.8, 4) is 0 Å². The zero-order valence-electron chi connectivity index (χ0n) is 10.8. The molecule has 7 heteroatoms. The number of nitrogens with zero attached hydrogens (tertiary/aromatic N) is 4. The van der Waals surface area contributed by atoms with Gasteiger partial charge in [-0.25, -0.2) is 0 Å². The first kappa shape index (κ1) is 13.7. The number of aromatic nitrogens is 2. The fourth-order valence-corrected chi connectivity index (χ4v) is 2.80. The van der Waals surface area contributed by atoms with Crippen molar-refractivity contribution in [2.45, 2.75) is 26.3 Å². The average molecular weight is 289 g/mol. The van der Waals surface area contributed by atoms with Crippen molar-refractivity contribution in [2.24, 2.45) is 0 Å². The number of carbonyl (C=O) groups excluding carboxylic acids is 1. The van der Waals surface area contributed by atoms with E-state index in [9.17, 15) is 4.79 Å². The number of hydrogen-bond donors (Lipinski definition) is 0. The Morgan fingerprint density at radius 2 is 1.83 bits per heavy atom. The normalized spacial score (nSPS) is 18.1. The summed E-state index contributed by atoms with van der Waals surface area (Å²) in [5.41, 5.74) is 0.154. The minimum absolute atomic E-state index is 0.0621. The summed E-state index contributed by atoms with van der Waals surface area (Å²) in [6, 6.07) is 0. The van der Waals surface area contributed by atoms with Crippen molar-refractivity contribution in [3.05, 3.63) is 9.47 Å². The van der Waals surface area contributed by atoms with Gasteiger partial charge in [0.1, 0.15) is 0 Å². The molecule has 5 nitrogen and oxygen atoms in total. The highest BCUT2D eigenvalue weighted by Gasteiger charge is 2.29. The fraction of sp³-hybridized carbons (Fsp3) is 0.727. The van der Waals surface area contributed by atoms with Crippen LogP contribution in [0.5, 0.6) is 0 Å². The van der Waals surface area contributed by atoms with E-state index >= 15 is 0 Å². The third kappa shape index (κ3) is 2.99. The van der Waals surface area contributed by atoms with Crippen molar-refractivity contribution >= 4 is 28.8 Å². The van der Waals surface area contributed by atoms with Gasteiger partial charge in [-0.1, -0.05) is 11.3 Å². The lowest BCUT2D eigenvalue weighted by Crippen LogP contribution is -2.54. The maximum Gasteiger partial charge on any atom is 0.284 e. The van der Waals surface area contributed by atoms with Gasteiger partial charge in [0, 0.05) is 31.7 Å². The van der Waals surface area contributed by atoms with Gasteiger partial charge in [0.15, 0.2) is 0 Å². The first-order valence-electron chi connectivity index (χ1n) is 5.91. The van der Waals surface area contributed by atoms with Gasteiger partial charge in [-0.05, 0) is 32.4 Å². The number of amides is 1. The van der Waals surface area contributed by atoms with Crippen molar-refractivity contribution in [2.75, 3.05) is 26.2 Å². The van der Waals surface area contributed by atoms with E-state index in [-0.39, 0.29) is 11.4 Å². The summed E-state index contributed by atoms with van der Waals surface area (Å²) in [5, 5.41) is 7.83. The molecule has 0 radical (unpaired) electrons. The van der Waals surface area contributed by atoms with Crippen LogP contribution in [0.1, 0.15) is 30.6 Å². The van der Waals surface area contributed by atoms with Crippen LogP contribution in [0.2, 0.25) is 4.47 Å². The highest BCUT2D eigenvalue weighted by atomic mass is 35.5. The van der Waals surface area contributed by atoms with Gasteiger partial charge >= 0.3 is 0 Å². The lowest BCUT2D eigenvalue weighted by molar-refractivity contribution is 0.0450. The van der Waals surface area contributed by atoms with Crippen LogP contribution in [0.4, 0.5) is 0 Å². The van der Waals surface area contributed by atoms with Gasteiger partial charge in [-0.2, -0.15) is 0 Å². The van der Waals surface area contributed by atoms with E-state index < -0.39 is 0 Å². The molecule has 1 aromatic heterocycles. The molecule has 1 aliphatic heterocycles. The van der Waals surface area contributed by atoms with Crippen LogP contribution in [0.3, 0.4) is 0 Å². The van der Waals surface area contributed by atoms with E-state index in [1.807, 2.05) is 4.90 Å². The Bertz CT molecular complexity index is 434. The highest BCUT2D eigenvalue weighted by Crippen LogP contribution is 2.19. The van der Waals surface area contributed by atoms with Crippen LogP contribution >= 0.6 is 22.9 Å². The zero-order chi connectivity index (χ0) is 13.3. The van der Waals surface area contributed by atoms with Gasteiger partial charge in [0.25, 0.3) is 5.91 Å². The van der Waals surface area contributed by atoms with Crippen LogP contribution < -0.4 is 0 Å². The molecule has 1 fully saturated rings. The molecule has 0 N–H and O–H groups in total. The SMILES string of the molecule is CC(C)(C)N1CCN(C(=O)c2nnc(Cl)s2)CC1. The number of piperazine rings is 1. The molecule has 0 saturated carbocycles. The highest BCUT2D eigenvalue weighted by molar-refractivity contribution is 7.17. The third-order valence-electron chi connectivity index (χ3n) is 3.10. The monoisotopic (exact) mass is 288 g/mol. The summed E-state index contributed by atoms with van der Waals surface area (Å²) >= 11 is 6.83. The number of halogens is 1. The number of rotatable bonds is 1. The quantitative estimate of drug-likeness (QED) is 0.790. The third-order valence-corrected chi connectivity index (χ3v) is 4.11. The van der Waals surface area contributed by atoms with Crippen LogP contribution in [0.25, 0.3) is 0 Å². The predicted octanol–water partition coefficient (Wildman–Crippen LogP) is 1.75. The first-order chi connectivity index (χ1) is 8.38. The Labute approximate surface area is 116 Å². The van der Waals surface area contributed by atoms with E-state index in [2.05, 4.69) is 35.9 Å². The minimum Gasteiger partial charge on any atom is -0.334 e. The topological polar surface area (TPSA) is 49.3 Å². The second-order valence-corrected chi connectivity index (χ2v) is 6.87. The smallest absolute Gasteiger partial charge is 0.284 e. The van der Waals surface area contributed by atoms with Crippen LogP contribution in [0, 0.1) is 0 Å². The number of carbonyl (C=O) groups is 1. The molecule has 1 saturated heterocycles. The molecule has 2 heterocycles. The fourth-order valence-electron chi connectivity index (χ4n) is 2.01. The molecule has 18 heavy (non-hydrogen) atoms. The summed E-state index contributed by atoms with van der Waals surface area (Å²) in [6.07, 6.45) is 0. The molecule has 0 aromatic carbocycles. The van der Waals surface area contributed by atoms with Crippen molar-refractivity contribution in [3.63, 3.8) is 0 Å². The molecule has 100 valence electrons. The molecular formula is C11H17ClN4OS. The Morgan fingerprint density at radius 1 is 1.22 bits per heavy atom. The molecule has 1 aliphatic rings. The van der Waals surface area contributed by atoms with Crippen molar-refractivity contribution in [1.29, 1.82) is 0 Å². The van der Waals surface area contributed by atoms with Crippen molar-refractivity contribution < 1.29 is 4.79 Å². The molecule has 0 aliphatic carbocycles. The molecule has 0 spiro atoms. The van der Waals surface area contributed by atoms with Crippen LogP contribution in [-0.4, -0.2) is 57.6 Å². The standard InChI is InChI=1S/C11H17ClN4OS/c1-11(2,3)16-6-4-15(5-7-16)9(17)8-13-14-10(12)18-8/h4-7H2,1-3H3. The Balaban J connectivity index is 1.96. The van der Waals surface area contributed by atoms with E-state index in [4.69, 9.17) is 11.6 Å². The molecule has 0 unspecified atom stereocenters. The molecular weight excluding hydrogens is 272 g/mol. The van der Waals surface area contributed by atoms with Crippen LogP contribution in [0.15, 0.2) is 0 Å². The molecule has 1 aromatic rings. The average Bonchev–Trinajstić information content (AvgIpc) is 2.74. The van der Waals surface area contributed by atoms with E-state index in [0.717, 1.165) is 37.5 Å². The lowest BCUT2D eigenvalue weighted by atomic mass is 10.1. The predicted molar refractivity (Wildman–Crippen MR) is 72.1 cm³/mol. The van der Waals surface area contributed by atoms with E-state index in [1.165, 1.54) is 0 Å². The minimum atomic E-state index is -0.0621. The van der Waals surface area contributed by atoms with Gasteiger partial charge in [0.2, 0.25) is 9.47 Å². The number of hydrogen-bond acceptors (Lipinski definition) is 5.